The summed E-state index contributed by atoms with van der Waals surface area (Å²) in [6.45, 7) is 5.74. The van der Waals surface area contributed by atoms with Gasteiger partial charge in [0, 0.05) is 6.54 Å². The molecule has 3 atom stereocenters. The van der Waals surface area contributed by atoms with Crippen molar-refractivity contribution in [1.29, 1.82) is 5.26 Å². The number of oxime groups is 1. The third-order valence-electron chi connectivity index (χ3n) is 2.76. The maximum Gasteiger partial charge on any atom is 0.411 e. The molecule has 0 radical (unpaired) electrons. The zero-order valence-electron chi connectivity index (χ0n) is 10.4. The zero-order valence-corrected chi connectivity index (χ0v) is 12.0. The summed E-state index contributed by atoms with van der Waals surface area (Å²) in [5.41, 5.74) is -0.582. The van der Waals surface area contributed by atoms with E-state index in [0.717, 1.165) is 0 Å². The molecule has 0 saturated carbocycles. The molecule has 0 N–H and O–H groups in total. The molecule has 98 valence electrons. The van der Waals surface area contributed by atoms with E-state index >= 15 is 0 Å². The molecule has 2 heterocycles. The number of halogens is 1. The zero-order chi connectivity index (χ0) is 13.5. The number of fused-ring (bicyclic) bond motifs is 1. The van der Waals surface area contributed by atoms with Crippen LogP contribution in [0.5, 0.6) is 0 Å². The number of nitrogens with zero attached hydrogens (tertiary/aromatic N) is 3. The molecule has 0 spiro atoms. The third-order valence-corrected chi connectivity index (χ3v) is 3.50. The minimum absolute atomic E-state index is 0.0813. The number of amides is 1. The van der Waals surface area contributed by atoms with E-state index in [1.165, 1.54) is 4.90 Å². The second-order valence-corrected chi connectivity index (χ2v) is 6.11. The predicted octanol–water partition coefficient (Wildman–Crippen LogP) is 1.85. The first-order valence-electron chi connectivity index (χ1n) is 5.62. The summed E-state index contributed by atoms with van der Waals surface area (Å²) in [5.74, 6) is -0.0813. The van der Waals surface area contributed by atoms with Gasteiger partial charge in [0.05, 0.1) is 12.0 Å². The SMILES string of the molecule is CC(C)(C)OC(=O)N1C[C@H]2C(Br)=NO[C@H]2[C@H]1C#N. The van der Waals surface area contributed by atoms with E-state index < -0.39 is 23.8 Å². The summed E-state index contributed by atoms with van der Waals surface area (Å²) in [6, 6.07) is 1.42. The van der Waals surface area contributed by atoms with E-state index in [0.29, 0.717) is 11.2 Å². The molecule has 1 amide bonds. The van der Waals surface area contributed by atoms with Gasteiger partial charge in [-0.2, -0.15) is 5.26 Å². The lowest BCUT2D eigenvalue weighted by Gasteiger charge is -2.26. The van der Waals surface area contributed by atoms with Gasteiger partial charge in [-0.15, -0.1) is 0 Å². The summed E-state index contributed by atoms with van der Waals surface area (Å²) in [6.07, 6.45) is -0.899. The van der Waals surface area contributed by atoms with Gasteiger partial charge in [-0.1, -0.05) is 5.16 Å². The average molecular weight is 316 g/mol. The van der Waals surface area contributed by atoms with Crippen LogP contribution in [0, 0.1) is 17.2 Å². The Balaban J connectivity index is 2.13. The fraction of sp³-hybridized carbons (Fsp3) is 0.727. The molecule has 2 aliphatic heterocycles. The Labute approximate surface area is 114 Å². The fourth-order valence-corrected chi connectivity index (χ4v) is 2.49. The first kappa shape index (κ1) is 13.1. The van der Waals surface area contributed by atoms with Crippen LogP contribution in [-0.4, -0.2) is 39.9 Å². The molecule has 1 fully saturated rings. The van der Waals surface area contributed by atoms with Crippen LogP contribution in [0.2, 0.25) is 0 Å². The predicted molar refractivity (Wildman–Crippen MR) is 67.1 cm³/mol. The highest BCUT2D eigenvalue weighted by atomic mass is 79.9. The first-order chi connectivity index (χ1) is 8.33. The molecule has 0 aromatic heterocycles. The van der Waals surface area contributed by atoms with Crippen molar-refractivity contribution in [3.63, 3.8) is 0 Å². The van der Waals surface area contributed by atoms with Gasteiger partial charge in [-0.3, -0.25) is 4.90 Å². The largest absolute Gasteiger partial charge is 0.444 e. The van der Waals surface area contributed by atoms with E-state index in [9.17, 15) is 10.1 Å². The number of likely N-dealkylation sites (tertiary alicyclic amines) is 1. The number of hydrogen-bond acceptors (Lipinski definition) is 5. The molecule has 6 nitrogen and oxygen atoms in total. The minimum atomic E-state index is -0.663. The van der Waals surface area contributed by atoms with Crippen LogP contribution in [0.25, 0.3) is 0 Å². The lowest BCUT2D eigenvalue weighted by atomic mass is 10.1. The maximum atomic E-state index is 12.0. The van der Waals surface area contributed by atoms with Gasteiger partial charge >= 0.3 is 6.09 Å². The summed E-state index contributed by atoms with van der Waals surface area (Å²) >= 11 is 3.28. The molecule has 1 saturated heterocycles. The Hall–Kier alpha value is -1.29. The highest BCUT2D eigenvalue weighted by Gasteiger charge is 2.51. The van der Waals surface area contributed by atoms with Crippen molar-refractivity contribution in [1.82, 2.24) is 4.90 Å². The van der Waals surface area contributed by atoms with Crippen LogP contribution >= 0.6 is 15.9 Å². The van der Waals surface area contributed by atoms with E-state index in [2.05, 4.69) is 27.2 Å². The van der Waals surface area contributed by atoms with E-state index in [1.807, 2.05) is 0 Å². The van der Waals surface area contributed by atoms with Crippen LogP contribution in [0.4, 0.5) is 4.79 Å². The molecule has 0 aromatic rings. The Morgan fingerprint density at radius 1 is 1.67 bits per heavy atom. The highest BCUT2D eigenvalue weighted by Crippen LogP contribution is 2.34. The van der Waals surface area contributed by atoms with Crippen LogP contribution in [0.15, 0.2) is 5.16 Å². The summed E-state index contributed by atoms with van der Waals surface area (Å²) < 4.78 is 5.92. The Morgan fingerprint density at radius 3 is 2.89 bits per heavy atom. The van der Waals surface area contributed by atoms with Crippen molar-refractivity contribution in [3.05, 3.63) is 0 Å². The normalized spacial score (nSPS) is 30.3. The van der Waals surface area contributed by atoms with Crippen LogP contribution in [0.3, 0.4) is 0 Å². The number of hydrogen-bond donors (Lipinski definition) is 0. The van der Waals surface area contributed by atoms with E-state index in [1.54, 1.807) is 20.8 Å². The topological polar surface area (TPSA) is 74.9 Å². The monoisotopic (exact) mass is 315 g/mol. The Kier molecular flexibility index (Phi) is 3.23. The number of carbonyl (C=O) groups is 1. The summed E-state index contributed by atoms with van der Waals surface area (Å²) in [7, 11) is 0. The fourth-order valence-electron chi connectivity index (χ4n) is 2.00. The molecular weight excluding hydrogens is 302 g/mol. The van der Waals surface area contributed by atoms with Crippen molar-refractivity contribution < 1.29 is 14.4 Å². The maximum absolute atomic E-state index is 12.0. The van der Waals surface area contributed by atoms with Crippen LogP contribution < -0.4 is 0 Å². The number of carbonyl (C=O) groups excluding carboxylic acids is 1. The van der Waals surface area contributed by atoms with Gasteiger partial charge in [0.15, 0.2) is 12.1 Å². The molecule has 0 aliphatic carbocycles. The van der Waals surface area contributed by atoms with Gasteiger partial charge < -0.3 is 9.57 Å². The Bertz CT molecular complexity index is 438. The second kappa shape index (κ2) is 4.43. The summed E-state index contributed by atoms with van der Waals surface area (Å²) in [5, 5.41) is 13.0. The molecular formula is C11H14BrN3O3. The molecule has 2 aliphatic rings. The highest BCUT2D eigenvalue weighted by molar-refractivity contribution is 9.18. The number of nitriles is 1. The van der Waals surface area contributed by atoms with E-state index in [4.69, 9.17) is 9.57 Å². The smallest absolute Gasteiger partial charge is 0.411 e. The molecule has 2 rings (SSSR count). The van der Waals surface area contributed by atoms with Gasteiger partial charge in [0.2, 0.25) is 0 Å². The van der Waals surface area contributed by atoms with Crippen molar-refractivity contribution in [2.45, 2.75) is 38.5 Å². The van der Waals surface area contributed by atoms with E-state index in [-0.39, 0.29) is 5.92 Å². The molecule has 0 unspecified atom stereocenters. The van der Waals surface area contributed by atoms with Crippen molar-refractivity contribution in [2.24, 2.45) is 11.1 Å². The van der Waals surface area contributed by atoms with Gasteiger partial charge in [-0.05, 0) is 36.7 Å². The number of rotatable bonds is 0. The Morgan fingerprint density at radius 2 is 2.33 bits per heavy atom. The second-order valence-electron chi connectivity index (χ2n) is 5.30. The van der Waals surface area contributed by atoms with Crippen molar-refractivity contribution >= 4 is 26.6 Å². The summed E-state index contributed by atoms with van der Waals surface area (Å²) in [4.78, 5) is 18.6. The minimum Gasteiger partial charge on any atom is -0.444 e. The van der Waals surface area contributed by atoms with Gasteiger partial charge in [0.1, 0.15) is 10.2 Å². The molecule has 0 bridgehead atoms. The standard InChI is InChI=1S/C11H14BrN3O3/c1-11(2,3)17-10(16)15-5-6-8(7(15)4-13)18-14-9(6)12/h6-8H,5H2,1-3H3/t6-,7-,8-/m1/s1. The molecule has 7 heteroatoms. The molecule has 18 heavy (non-hydrogen) atoms. The van der Waals surface area contributed by atoms with Crippen LogP contribution in [0.1, 0.15) is 20.8 Å². The van der Waals surface area contributed by atoms with Gasteiger partial charge in [0.25, 0.3) is 0 Å². The molecule has 0 aromatic carbocycles. The number of ether oxygens (including phenoxy) is 1. The van der Waals surface area contributed by atoms with Crippen LogP contribution in [-0.2, 0) is 9.57 Å². The third kappa shape index (κ3) is 2.29. The quantitative estimate of drug-likeness (QED) is 0.683. The lowest BCUT2D eigenvalue weighted by molar-refractivity contribution is 0.0139. The van der Waals surface area contributed by atoms with Crippen molar-refractivity contribution in [3.8, 4) is 6.07 Å². The average Bonchev–Trinajstić information content (AvgIpc) is 2.76. The lowest BCUT2D eigenvalue weighted by Crippen LogP contribution is -2.42. The van der Waals surface area contributed by atoms with Gasteiger partial charge in [-0.25, -0.2) is 4.79 Å². The van der Waals surface area contributed by atoms with Crippen molar-refractivity contribution in [2.75, 3.05) is 6.54 Å². The first-order valence-corrected chi connectivity index (χ1v) is 6.41.